The van der Waals surface area contributed by atoms with E-state index in [-0.39, 0.29) is 17.6 Å². The number of anilines is 2. The molecule has 0 bridgehead atoms. The minimum Gasteiger partial charge on any atom is -0.365 e. The van der Waals surface area contributed by atoms with Crippen LogP contribution in [-0.4, -0.2) is 33.4 Å². The molecule has 29 heavy (non-hydrogen) atoms. The molecule has 0 fully saturated rings. The van der Waals surface area contributed by atoms with Gasteiger partial charge < -0.3 is 14.7 Å². The molecule has 12 heteroatoms. The van der Waals surface area contributed by atoms with Crippen LogP contribution < -0.4 is 10.2 Å². The van der Waals surface area contributed by atoms with E-state index < -0.39 is 12.0 Å². The molecule has 1 N–H and O–H groups in total. The third-order valence-electron chi connectivity index (χ3n) is 4.50. The Labute approximate surface area is 172 Å². The van der Waals surface area contributed by atoms with Crippen molar-refractivity contribution in [1.82, 2.24) is 20.3 Å². The molecule has 3 aromatic rings. The topological polar surface area (TPSA) is 80.0 Å². The molecule has 3 heterocycles. The SMILES string of the molecule is C[C@H](c1cc(Cl)ccc1Cl)N1CCNc2nnc(-c3nc(C(F)(F)F)no3)cc21. The van der Waals surface area contributed by atoms with Crippen molar-refractivity contribution in [3.8, 4) is 11.6 Å². The second-order valence-electron chi connectivity index (χ2n) is 6.35. The number of alkyl halides is 3. The van der Waals surface area contributed by atoms with Crippen molar-refractivity contribution in [2.75, 3.05) is 23.3 Å². The number of hydrogen-bond acceptors (Lipinski definition) is 7. The van der Waals surface area contributed by atoms with Gasteiger partial charge >= 0.3 is 6.18 Å². The smallest absolute Gasteiger partial charge is 0.365 e. The fourth-order valence-electron chi connectivity index (χ4n) is 3.09. The van der Waals surface area contributed by atoms with Gasteiger partial charge in [0.1, 0.15) is 0 Å². The van der Waals surface area contributed by atoms with Gasteiger partial charge in [-0.15, -0.1) is 10.2 Å². The van der Waals surface area contributed by atoms with E-state index in [1.54, 1.807) is 24.3 Å². The molecular weight excluding hydrogens is 432 g/mol. The third-order valence-corrected chi connectivity index (χ3v) is 5.08. The highest BCUT2D eigenvalue weighted by molar-refractivity contribution is 6.33. The van der Waals surface area contributed by atoms with Gasteiger partial charge in [0.15, 0.2) is 11.5 Å². The number of aromatic nitrogens is 4. The number of fused-ring (bicyclic) bond motifs is 1. The lowest BCUT2D eigenvalue weighted by atomic mass is 10.1. The Bertz CT molecular complexity index is 1060. The zero-order valence-electron chi connectivity index (χ0n) is 14.8. The summed E-state index contributed by atoms with van der Waals surface area (Å²) in [5.41, 5.74) is 1.46. The molecular formula is C17H13Cl2F3N6O. The summed E-state index contributed by atoms with van der Waals surface area (Å²) in [7, 11) is 0. The van der Waals surface area contributed by atoms with Crippen molar-refractivity contribution in [3.05, 3.63) is 45.7 Å². The maximum Gasteiger partial charge on any atom is 0.455 e. The van der Waals surface area contributed by atoms with Crippen molar-refractivity contribution in [3.63, 3.8) is 0 Å². The predicted molar refractivity (Wildman–Crippen MR) is 101 cm³/mol. The summed E-state index contributed by atoms with van der Waals surface area (Å²) in [4.78, 5) is 5.37. The van der Waals surface area contributed by atoms with Crippen LogP contribution in [0.5, 0.6) is 0 Å². The summed E-state index contributed by atoms with van der Waals surface area (Å²) in [6.07, 6.45) is -4.71. The molecule has 7 nitrogen and oxygen atoms in total. The number of halogens is 5. The van der Waals surface area contributed by atoms with Gasteiger partial charge in [-0.2, -0.15) is 18.2 Å². The van der Waals surface area contributed by atoms with Gasteiger partial charge in [0.05, 0.1) is 11.7 Å². The van der Waals surface area contributed by atoms with Crippen LogP contribution in [-0.2, 0) is 6.18 Å². The summed E-state index contributed by atoms with van der Waals surface area (Å²) >= 11 is 12.5. The van der Waals surface area contributed by atoms with Crippen molar-refractivity contribution >= 4 is 34.7 Å². The second kappa shape index (κ2) is 7.34. The van der Waals surface area contributed by atoms with Crippen LogP contribution in [0.15, 0.2) is 28.8 Å². The van der Waals surface area contributed by atoms with Crippen LogP contribution in [0.2, 0.25) is 10.0 Å². The summed E-state index contributed by atoms with van der Waals surface area (Å²) in [5.74, 6) is -1.26. The van der Waals surface area contributed by atoms with Crippen LogP contribution in [0.1, 0.15) is 24.4 Å². The Balaban J connectivity index is 1.72. The van der Waals surface area contributed by atoms with E-state index in [0.717, 1.165) is 5.56 Å². The Kier molecular flexibility index (Phi) is 4.99. The van der Waals surface area contributed by atoms with E-state index in [9.17, 15) is 13.2 Å². The first-order valence-electron chi connectivity index (χ1n) is 8.48. The molecule has 1 atom stereocenters. The fourth-order valence-corrected chi connectivity index (χ4v) is 3.55. The van der Waals surface area contributed by atoms with E-state index in [2.05, 4.69) is 25.7 Å². The van der Waals surface area contributed by atoms with Gasteiger partial charge in [-0.05, 0) is 36.8 Å². The van der Waals surface area contributed by atoms with Gasteiger partial charge in [-0.25, -0.2) is 0 Å². The molecule has 0 saturated carbocycles. The molecule has 0 spiro atoms. The molecule has 0 radical (unpaired) electrons. The molecule has 2 aromatic heterocycles. The van der Waals surface area contributed by atoms with Crippen molar-refractivity contribution in [2.45, 2.75) is 19.1 Å². The second-order valence-corrected chi connectivity index (χ2v) is 7.19. The number of benzene rings is 1. The van der Waals surface area contributed by atoms with Crippen LogP contribution in [0.25, 0.3) is 11.6 Å². The first kappa shape index (κ1) is 19.7. The van der Waals surface area contributed by atoms with Crippen molar-refractivity contribution in [2.24, 2.45) is 0 Å². The molecule has 1 aliphatic rings. The average Bonchev–Trinajstić information content (AvgIpc) is 3.19. The van der Waals surface area contributed by atoms with E-state index in [1.807, 2.05) is 11.8 Å². The van der Waals surface area contributed by atoms with Crippen LogP contribution in [0.3, 0.4) is 0 Å². The normalized spacial score (nSPS) is 15.0. The Morgan fingerprint density at radius 2 is 2.00 bits per heavy atom. The van der Waals surface area contributed by atoms with Crippen molar-refractivity contribution < 1.29 is 17.7 Å². The largest absolute Gasteiger partial charge is 0.455 e. The van der Waals surface area contributed by atoms with Gasteiger partial charge in [-0.1, -0.05) is 28.4 Å². The quantitative estimate of drug-likeness (QED) is 0.618. The van der Waals surface area contributed by atoms with Crippen LogP contribution in [0.4, 0.5) is 24.7 Å². The van der Waals surface area contributed by atoms with Crippen LogP contribution >= 0.6 is 23.2 Å². The molecule has 0 unspecified atom stereocenters. The monoisotopic (exact) mass is 444 g/mol. The van der Waals surface area contributed by atoms with Gasteiger partial charge in [0, 0.05) is 23.1 Å². The first-order valence-corrected chi connectivity index (χ1v) is 9.24. The minimum absolute atomic E-state index is 0.0323. The van der Waals surface area contributed by atoms with Gasteiger partial charge in [-0.3, -0.25) is 0 Å². The van der Waals surface area contributed by atoms with E-state index in [0.29, 0.717) is 34.6 Å². The molecule has 4 rings (SSSR count). The summed E-state index contributed by atoms with van der Waals surface area (Å²) in [6, 6.07) is 6.55. The molecule has 0 aliphatic carbocycles. The van der Waals surface area contributed by atoms with E-state index >= 15 is 0 Å². The third kappa shape index (κ3) is 3.82. The first-order chi connectivity index (χ1) is 13.7. The predicted octanol–water partition coefficient (Wildman–Crippen LogP) is 4.85. The molecule has 1 aromatic carbocycles. The van der Waals surface area contributed by atoms with E-state index in [4.69, 9.17) is 27.7 Å². The minimum atomic E-state index is -4.71. The van der Waals surface area contributed by atoms with Crippen molar-refractivity contribution in [1.29, 1.82) is 0 Å². The summed E-state index contributed by atoms with van der Waals surface area (Å²) < 4.78 is 43.0. The molecule has 0 saturated heterocycles. The molecule has 152 valence electrons. The zero-order valence-corrected chi connectivity index (χ0v) is 16.3. The Morgan fingerprint density at radius 3 is 2.72 bits per heavy atom. The average molecular weight is 445 g/mol. The maximum absolute atomic E-state index is 12.8. The lowest BCUT2D eigenvalue weighted by Gasteiger charge is -2.36. The highest BCUT2D eigenvalue weighted by Gasteiger charge is 2.37. The standard InChI is InChI=1S/C17H13Cl2F3N6O/c1-8(10-6-9(18)2-3-11(10)19)28-5-4-23-14-13(28)7-12(25-26-14)15-24-16(27-29-15)17(20,21)22/h2-3,6-8H,4-5H2,1H3,(H,23,26)/t8-/m1/s1. The maximum atomic E-state index is 12.8. The summed E-state index contributed by atoms with van der Waals surface area (Å²) in [6.45, 7) is 3.14. The highest BCUT2D eigenvalue weighted by Crippen LogP contribution is 2.38. The Hall–Kier alpha value is -2.59. The highest BCUT2D eigenvalue weighted by atomic mass is 35.5. The fraction of sp³-hybridized carbons (Fsp3) is 0.294. The van der Waals surface area contributed by atoms with Crippen LogP contribution in [0, 0.1) is 0 Å². The Morgan fingerprint density at radius 1 is 1.21 bits per heavy atom. The molecule has 0 amide bonds. The summed E-state index contributed by atoms with van der Waals surface area (Å²) in [5, 5.41) is 15.1. The zero-order chi connectivity index (χ0) is 20.8. The molecule has 1 aliphatic heterocycles. The van der Waals surface area contributed by atoms with E-state index in [1.165, 1.54) is 0 Å². The number of nitrogens with one attached hydrogen (secondary N) is 1. The number of hydrogen-bond donors (Lipinski definition) is 1. The van der Waals surface area contributed by atoms with Gasteiger partial charge in [0.25, 0.3) is 11.7 Å². The number of rotatable bonds is 3. The lowest BCUT2D eigenvalue weighted by Crippen LogP contribution is -2.36. The number of nitrogens with zero attached hydrogens (tertiary/aromatic N) is 5. The lowest BCUT2D eigenvalue weighted by molar-refractivity contribution is -0.146. The van der Waals surface area contributed by atoms with Gasteiger partial charge in [0.2, 0.25) is 0 Å².